The molecular weight excluding hydrogens is 308 g/mol. The number of carbonyl (C=O) groups is 1. The average molecular weight is 318 g/mol. The summed E-state index contributed by atoms with van der Waals surface area (Å²) in [6, 6.07) is 4.61. The first kappa shape index (κ1) is 14.1. The third-order valence-electron chi connectivity index (χ3n) is 2.98. The van der Waals surface area contributed by atoms with Crippen LogP contribution in [0.25, 0.3) is 0 Å². The second-order valence-electron chi connectivity index (χ2n) is 4.49. The summed E-state index contributed by atoms with van der Waals surface area (Å²) in [4.78, 5) is 38.2. The fraction of sp³-hybridized carbons (Fsp3) is 0.0769. The number of carboxylic acid groups (broad SMARTS) is 1. The van der Waals surface area contributed by atoms with E-state index in [-0.39, 0.29) is 11.3 Å². The minimum absolute atomic E-state index is 0.0308. The molecule has 0 fully saturated rings. The summed E-state index contributed by atoms with van der Waals surface area (Å²) in [6.07, 6.45) is 3.45. The smallest absolute Gasteiger partial charge is 0.340 e. The Balaban J connectivity index is 1.94. The van der Waals surface area contributed by atoms with E-state index in [2.05, 4.69) is 10.4 Å². The zero-order valence-corrected chi connectivity index (χ0v) is 12.1. The molecule has 0 spiro atoms. The number of nitrogens with one attached hydrogen (secondary N) is 1. The van der Waals surface area contributed by atoms with Crippen LogP contribution in [0.5, 0.6) is 0 Å². The van der Waals surface area contributed by atoms with Gasteiger partial charge >= 0.3 is 17.1 Å². The first-order chi connectivity index (χ1) is 10.5. The van der Waals surface area contributed by atoms with Crippen molar-refractivity contribution >= 4 is 23.4 Å². The molecular formula is C13H10N4O4S. The summed E-state index contributed by atoms with van der Waals surface area (Å²) in [5, 5.41) is 9.90. The van der Waals surface area contributed by atoms with Crippen molar-refractivity contribution in [2.45, 2.75) is 10.1 Å². The largest absolute Gasteiger partial charge is 0.478 e. The van der Waals surface area contributed by atoms with Crippen LogP contribution in [0.3, 0.4) is 0 Å². The molecule has 0 unspecified atom stereocenters. The Morgan fingerprint density at radius 2 is 2.05 bits per heavy atom. The first-order valence-corrected chi connectivity index (χ1v) is 6.96. The predicted molar refractivity (Wildman–Crippen MR) is 79.1 cm³/mol. The highest BCUT2D eigenvalue weighted by atomic mass is 32.2. The van der Waals surface area contributed by atoms with Crippen molar-refractivity contribution < 1.29 is 9.90 Å². The molecule has 0 saturated heterocycles. The molecule has 0 aliphatic heterocycles. The standard InChI is InChI=1S/C13H10N4O4S/c1-16-5-4-14-13(16)22-7-2-3-8(12(20)21)9(6-7)15-17-10(18)11(17)19/h2-6,15H,1H3,(H,20,21). The molecule has 2 aromatic heterocycles. The van der Waals surface area contributed by atoms with Crippen LogP contribution >= 0.6 is 11.8 Å². The van der Waals surface area contributed by atoms with E-state index in [1.165, 1.54) is 17.8 Å². The van der Waals surface area contributed by atoms with Crippen LogP contribution in [0.15, 0.2) is 50.2 Å². The van der Waals surface area contributed by atoms with Gasteiger partial charge in [0.15, 0.2) is 5.16 Å². The highest BCUT2D eigenvalue weighted by molar-refractivity contribution is 7.99. The third kappa shape index (κ3) is 2.53. The molecule has 9 heteroatoms. The van der Waals surface area contributed by atoms with E-state index in [0.29, 0.717) is 0 Å². The number of benzene rings is 1. The van der Waals surface area contributed by atoms with Gasteiger partial charge in [-0.3, -0.25) is 15.0 Å². The van der Waals surface area contributed by atoms with Gasteiger partial charge in [-0.1, -0.05) is 11.8 Å². The maximum absolute atomic E-state index is 11.2. The van der Waals surface area contributed by atoms with Crippen molar-refractivity contribution in [3.8, 4) is 0 Å². The van der Waals surface area contributed by atoms with Crippen LogP contribution in [0.4, 0.5) is 5.69 Å². The van der Waals surface area contributed by atoms with E-state index in [0.717, 1.165) is 14.7 Å². The molecule has 3 aromatic rings. The Morgan fingerprint density at radius 3 is 2.59 bits per heavy atom. The normalized spacial score (nSPS) is 11.0. The lowest BCUT2D eigenvalue weighted by Gasteiger charge is -2.09. The zero-order valence-electron chi connectivity index (χ0n) is 11.3. The van der Waals surface area contributed by atoms with Crippen molar-refractivity contribution in [2.24, 2.45) is 7.05 Å². The molecule has 0 atom stereocenters. The van der Waals surface area contributed by atoms with Crippen molar-refractivity contribution in [3.05, 3.63) is 56.9 Å². The number of hydrogen-bond acceptors (Lipinski definition) is 6. The molecule has 22 heavy (non-hydrogen) atoms. The van der Waals surface area contributed by atoms with Crippen molar-refractivity contribution in [1.82, 2.24) is 14.2 Å². The lowest BCUT2D eigenvalue weighted by Crippen LogP contribution is -2.12. The Kier molecular flexibility index (Phi) is 3.33. The van der Waals surface area contributed by atoms with E-state index in [9.17, 15) is 19.5 Å². The molecule has 0 aliphatic rings. The number of aromatic carboxylic acids is 1. The highest BCUT2D eigenvalue weighted by Gasteiger charge is 2.19. The van der Waals surface area contributed by atoms with Crippen LogP contribution in [0.2, 0.25) is 0 Å². The van der Waals surface area contributed by atoms with Gasteiger partial charge in [-0.15, -0.1) is 0 Å². The molecule has 0 radical (unpaired) electrons. The Hall–Kier alpha value is -2.81. The van der Waals surface area contributed by atoms with Crippen molar-refractivity contribution in [1.29, 1.82) is 0 Å². The first-order valence-electron chi connectivity index (χ1n) is 6.15. The molecule has 0 saturated carbocycles. The topological polar surface area (TPSA) is 106 Å². The van der Waals surface area contributed by atoms with Crippen LogP contribution in [0.1, 0.15) is 10.4 Å². The summed E-state index contributed by atoms with van der Waals surface area (Å²) in [7, 11) is 1.84. The fourth-order valence-corrected chi connectivity index (χ4v) is 2.62. The van der Waals surface area contributed by atoms with E-state index >= 15 is 0 Å². The van der Waals surface area contributed by atoms with E-state index in [1.54, 1.807) is 24.5 Å². The van der Waals surface area contributed by atoms with Crippen molar-refractivity contribution in [3.63, 3.8) is 0 Å². The maximum atomic E-state index is 11.2. The van der Waals surface area contributed by atoms with Gasteiger partial charge in [0.2, 0.25) is 0 Å². The Morgan fingerprint density at radius 1 is 1.32 bits per heavy atom. The second-order valence-corrected chi connectivity index (χ2v) is 5.53. The number of rotatable bonds is 5. The SMILES string of the molecule is Cn1ccnc1Sc1ccc(C(=O)O)c(Nn2c(=O)c2=O)c1. The minimum atomic E-state index is -1.15. The maximum Gasteiger partial charge on any atom is 0.340 e. The third-order valence-corrected chi connectivity index (χ3v) is 4.04. The minimum Gasteiger partial charge on any atom is -0.478 e. The van der Waals surface area contributed by atoms with E-state index in [1.807, 2.05) is 11.6 Å². The number of aryl methyl sites for hydroxylation is 1. The predicted octanol–water partition coefficient (Wildman–Crippen LogP) is 0.542. The zero-order chi connectivity index (χ0) is 15.9. The van der Waals surface area contributed by atoms with Gasteiger partial charge in [-0.25, -0.2) is 9.78 Å². The molecule has 0 bridgehead atoms. The van der Waals surface area contributed by atoms with Gasteiger partial charge in [-0.2, -0.15) is 4.68 Å². The number of nitrogens with zero attached hydrogens (tertiary/aromatic N) is 3. The number of imidazole rings is 1. The molecule has 0 aliphatic carbocycles. The molecule has 8 nitrogen and oxygen atoms in total. The lowest BCUT2D eigenvalue weighted by molar-refractivity contribution is 0.0698. The monoisotopic (exact) mass is 318 g/mol. The molecule has 2 heterocycles. The quantitative estimate of drug-likeness (QED) is 0.661. The van der Waals surface area contributed by atoms with Crippen LogP contribution in [-0.2, 0) is 7.05 Å². The molecule has 0 amide bonds. The molecule has 3 rings (SSSR count). The van der Waals surface area contributed by atoms with Gasteiger partial charge in [0.05, 0.1) is 11.3 Å². The second kappa shape index (κ2) is 5.19. The van der Waals surface area contributed by atoms with Gasteiger partial charge in [0.1, 0.15) is 0 Å². The lowest BCUT2D eigenvalue weighted by atomic mass is 10.2. The Bertz CT molecular complexity index is 910. The summed E-state index contributed by atoms with van der Waals surface area (Å²) >= 11 is 1.34. The molecule has 2 N–H and O–H groups in total. The van der Waals surface area contributed by atoms with E-state index < -0.39 is 17.1 Å². The van der Waals surface area contributed by atoms with Crippen LogP contribution < -0.4 is 16.5 Å². The number of carboxylic acids is 1. The van der Waals surface area contributed by atoms with Gasteiger partial charge in [0.25, 0.3) is 0 Å². The number of hydrogen-bond donors (Lipinski definition) is 2. The van der Waals surface area contributed by atoms with Crippen molar-refractivity contribution in [2.75, 3.05) is 5.43 Å². The van der Waals surface area contributed by atoms with E-state index in [4.69, 9.17) is 0 Å². The Labute approximate surface area is 127 Å². The summed E-state index contributed by atoms with van der Waals surface area (Å²) in [5.74, 6) is -1.15. The summed E-state index contributed by atoms with van der Waals surface area (Å²) in [6.45, 7) is 0. The fourth-order valence-electron chi connectivity index (χ4n) is 1.78. The van der Waals surface area contributed by atoms with Crippen LogP contribution in [-0.4, -0.2) is 25.3 Å². The number of aromatic nitrogens is 3. The highest BCUT2D eigenvalue weighted by Crippen LogP contribution is 2.29. The molecule has 112 valence electrons. The average Bonchev–Trinajstić information content (AvgIpc) is 2.84. The molecule has 1 aromatic carbocycles. The van der Waals surface area contributed by atoms with Gasteiger partial charge in [0, 0.05) is 24.3 Å². The van der Waals surface area contributed by atoms with Gasteiger partial charge < -0.3 is 9.67 Å². The summed E-state index contributed by atoms with van der Waals surface area (Å²) < 4.78 is 2.58. The number of anilines is 1. The summed E-state index contributed by atoms with van der Waals surface area (Å²) in [5.41, 5.74) is 1.26. The van der Waals surface area contributed by atoms with Gasteiger partial charge in [-0.05, 0) is 18.2 Å². The van der Waals surface area contributed by atoms with Crippen LogP contribution in [0, 0.1) is 0 Å².